The van der Waals surface area contributed by atoms with Crippen LogP contribution in [0.5, 0.6) is 0 Å². The van der Waals surface area contributed by atoms with Crippen molar-refractivity contribution in [1.29, 1.82) is 0 Å². The molecule has 0 saturated carbocycles. The van der Waals surface area contributed by atoms with Crippen LogP contribution in [0.3, 0.4) is 0 Å². The summed E-state index contributed by atoms with van der Waals surface area (Å²) < 4.78 is 0. The molecule has 0 spiro atoms. The Bertz CT molecular complexity index is 174. The molecule has 1 aliphatic heterocycles. The summed E-state index contributed by atoms with van der Waals surface area (Å²) in [7, 11) is 0. The highest BCUT2D eigenvalue weighted by Crippen LogP contribution is 1.98. The highest BCUT2D eigenvalue weighted by Gasteiger charge is 2.28. The second-order valence-corrected chi connectivity index (χ2v) is 2.64. The normalized spacial score (nSPS) is 20.4. The lowest BCUT2D eigenvalue weighted by Gasteiger charge is -2.13. The molecule has 1 fully saturated rings. The van der Waals surface area contributed by atoms with E-state index in [-0.39, 0.29) is 24.5 Å². The first-order valence-electron chi connectivity index (χ1n) is 3.45. The summed E-state index contributed by atoms with van der Waals surface area (Å²) in [6.07, 6.45) is 0. The maximum absolute atomic E-state index is 10.9. The number of amides is 3. The second-order valence-electron chi connectivity index (χ2n) is 2.64. The van der Waals surface area contributed by atoms with Gasteiger partial charge in [-0.15, -0.1) is 0 Å². The molecule has 0 aromatic carbocycles. The fourth-order valence-corrected chi connectivity index (χ4v) is 0.928. The van der Waals surface area contributed by atoms with Gasteiger partial charge in [0.1, 0.15) is 0 Å². The van der Waals surface area contributed by atoms with Gasteiger partial charge in [-0.2, -0.15) is 0 Å². The van der Waals surface area contributed by atoms with Gasteiger partial charge in [0, 0.05) is 12.6 Å². The van der Waals surface area contributed by atoms with Crippen LogP contribution in [0.15, 0.2) is 0 Å². The molecule has 62 valence electrons. The maximum atomic E-state index is 10.9. The molecule has 0 bridgehead atoms. The van der Waals surface area contributed by atoms with E-state index in [2.05, 4.69) is 5.32 Å². The molecule has 0 radical (unpaired) electrons. The van der Waals surface area contributed by atoms with Gasteiger partial charge in [0.15, 0.2) is 0 Å². The fraction of sp³-hybridized carbons (Fsp3) is 0.667. The Morgan fingerprint density at radius 3 is 2.73 bits per heavy atom. The van der Waals surface area contributed by atoms with Gasteiger partial charge in [0.25, 0.3) is 0 Å². The Morgan fingerprint density at radius 1 is 1.73 bits per heavy atom. The van der Waals surface area contributed by atoms with Crippen molar-refractivity contribution in [1.82, 2.24) is 10.2 Å². The number of imide groups is 1. The molecule has 1 atom stereocenters. The molecule has 1 aliphatic rings. The number of urea groups is 1. The lowest BCUT2D eigenvalue weighted by molar-refractivity contribution is -0.125. The predicted octanol–water partition coefficient (Wildman–Crippen LogP) is -1.11. The van der Waals surface area contributed by atoms with Gasteiger partial charge in [-0.1, -0.05) is 0 Å². The highest BCUT2D eigenvalue weighted by molar-refractivity contribution is 6.01. The Kier molecular flexibility index (Phi) is 2.09. The molecule has 3 amide bonds. The van der Waals surface area contributed by atoms with E-state index >= 15 is 0 Å². The topological polar surface area (TPSA) is 75.4 Å². The van der Waals surface area contributed by atoms with Crippen LogP contribution >= 0.6 is 0 Å². The van der Waals surface area contributed by atoms with Crippen LogP contribution in [0.25, 0.3) is 0 Å². The number of nitrogens with one attached hydrogen (secondary N) is 1. The smallest absolute Gasteiger partial charge is 0.324 e. The van der Waals surface area contributed by atoms with E-state index in [0.29, 0.717) is 6.54 Å². The van der Waals surface area contributed by atoms with Crippen molar-refractivity contribution >= 4 is 11.9 Å². The molecular weight excluding hydrogens is 146 g/mol. The molecule has 0 aromatic rings. The van der Waals surface area contributed by atoms with Crippen LogP contribution in [0.2, 0.25) is 0 Å². The number of nitrogens with two attached hydrogens (primary N) is 1. The Morgan fingerprint density at radius 2 is 2.36 bits per heavy atom. The van der Waals surface area contributed by atoms with Gasteiger partial charge < -0.3 is 11.1 Å². The van der Waals surface area contributed by atoms with Crippen molar-refractivity contribution in [2.45, 2.75) is 13.0 Å². The van der Waals surface area contributed by atoms with E-state index < -0.39 is 0 Å². The number of nitrogens with zero attached hydrogens (tertiary/aromatic N) is 1. The zero-order chi connectivity index (χ0) is 8.43. The summed E-state index contributed by atoms with van der Waals surface area (Å²) in [5.41, 5.74) is 5.42. The first-order chi connectivity index (χ1) is 5.11. The molecule has 3 N–H and O–H groups in total. The van der Waals surface area contributed by atoms with Gasteiger partial charge in [0.05, 0.1) is 6.54 Å². The van der Waals surface area contributed by atoms with Crippen LogP contribution in [0.1, 0.15) is 6.92 Å². The Hall–Kier alpha value is -1.10. The summed E-state index contributed by atoms with van der Waals surface area (Å²) >= 11 is 0. The third-order valence-electron chi connectivity index (χ3n) is 1.41. The minimum atomic E-state index is -0.340. The van der Waals surface area contributed by atoms with Crippen molar-refractivity contribution < 1.29 is 9.59 Å². The van der Waals surface area contributed by atoms with Crippen molar-refractivity contribution in [3.8, 4) is 0 Å². The lowest BCUT2D eigenvalue weighted by atomic mass is 10.3. The van der Waals surface area contributed by atoms with Gasteiger partial charge in [-0.3, -0.25) is 9.69 Å². The summed E-state index contributed by atoms with van der Waals surface area (Å²) in [4.78, 5) is 22.9. The second kappa shape index (κ2) is 2.87. The highest BCUT2D eigenvalue weighted by atomic mass is 16.2. The Labute approximate surface area is 64.5 Å². The molecule has 5 nitrogen and oxygen atoms in total. The van der Waals surface area contributed by atoms with Crippen molar-refractivity contribution in [3.63, 3.8) is 0 Å². The van der Waals surface area contributed by atoms with E-state index in [1.165, 1.54) is 0 Å². The average molecular weight is 157 g/mol. The van der Waals surface area contributed by atoms with Crippen LogP contribution in [-0.2, 0) is 4.79 Å². The SMILES string of the molecule is CC(N)CN1C(=O)CNC1=O. The van der Waals surface area contributed by atoms with E-state index in [1.54, 1.807) is 6.92 Å². The first-order valence-corrected chi connectivity index (χ1v) is 3.45. The summed E-state index contributed by atoms with van der Waals surface area (Å²) in [5.74, 6) is -0.202. The quantitative estimate of drug-likeness (QED) is 0.499. The summed E-state index contributed by atoms with van der Waals surface area (Å²) in [6, 6.07) is -0.505. The third-order valence-corrected chi connectivity index (χ3v) is 1.41. The fourth-order valence-electron chi connectivity index (χ4n) is 0.928. The average Bonchev–Trinajstić information content (AvgIpc) is 2.18. The number of carbonyl (C=O) groups excluding carboxylic acids is 2. The van der Waals surface area contributed by atoms with Crippen molar-refractivity contribution in [2.24, 2.45) is 5.73 Å². The van der Waals surface area contributed by atoms with Crippen LogP contribution in [0, 0.1) is 0 Å². The summed E-state index contributed by atoms with van der Waals surface area (Å²) in [6.45, 7) is 2.15. The number of hydrogen-bond donors (Lipinski definition) is 2. The molecule has 11 heavy (non-hydrogen) atoms. The van der Waals surface area contributed by atoms with E-state index in [1.807, 2.05) is 0 Å². The molecule has 1 saturated heterocycles. The van der Waals surface area contributed by atoms with E-state index in [0.717, 1.165) is 4.90 Å². The van der Waals surface area contributed by atoms with Crippen molar-refractivity contribution in [2.75, 3.05) is 13.1 Å². The van der Waals surface area contributed by atoms with E-state index in [4.69, 9.17) is 5.73 Å². The number of rotatable bonds is 2. The van der Waals surface area contributed by atoms with Gasteiger partial charge >= 0.3 is 6.03 Å². The van der Waals surface area contributed by atoms with Crippen LogP contribution in [-0.4, -0.2) is 36.0 Å². The zero-order valence-electron chi connectivity index (χ0n) is 6.33. The Balaban J connectivity index is 2.55. The third kappa shape index (κ3) is 1.68. The minimum absolute atomic E-state index is 0.103. The van der Waals surface area contributed by atoms with Crippen LogP contribution < -0.4 is 11.1 Å². The standard InChI is InChI=1S/C6H11N3O2/c1-4(7)3-9-5(10)2-8-6(9)11/h4H,2-3,7H2,1H3,(H,8,11). The van der Waals surface area contributed by atoms with Crippen LogP contribution in [0.4, 0.5) is 4.79 Å². The van der Waals surface area contributed by atoms with Crippen molar-refractivity contribution in [3.05, 3.63) is 0 Å². The lowest BCUT2D eigenvalue weighted by Crippen LogP contribution is -2.39. The maximum Gasteiger partial charge on any atom is 0.324 e. The molecular formula is C6H11N3O2. The first kappa shape index (κ1) is 8.00. The summed E-state index contributed by atoms with van der Waals surface area (Å²) in [5, 5.41) is 2.41. The number of carbonyl (C=O) groups is 2. The van der Waals surface area contributed by atoms with Gasteiger partial charge in [-0.05, 0) is 6.92 Å². The van der Waals surface area contributed by atoms with Gasteiger partial charge in [0.2, 0.25) is 5.91 Å². The monoisotopic (exact) mass is 157 g/mol. The molecule has 1 rings (SSSR count). The van der Waals surface area contributed by atoms with E-state index in [9.17, 15) is 9.59 Å². The number of hydrogen-bond acceptors (Lipinski definition) is 3. The predicted molar refractivity (Wildman–Crippen MR) is 38.8 cm³/mol. The molecule has 1 unspecified atom stereocenters. The minimum Gasteiger partial charge on any atom is -0.329 e. The molecule has 5 heteroatoms. The zero-order valence-corrected chi connectivity index (χ0v) is 6.33. The molecule has 0 aliphatic carbocycles. The van der Waals surface area contributed by atoms with Gasteiger partial charge in [-0.25, -0.2) is 4.79 Å². The largest absolute Gasteiger partial charge is 0.329 e. The molecule has 1 heterocycles. The molecule has 0 aromatic heterocycles.